The van der Waals surface area contributed by atoms with E-state index in [0.717, 1.165) is 64.7 Å². The van der Waals surface area contributed by atoms with E-state index < -0.39 is 0 Å². The molecule has 2 unspecified atom stereocenters. The SMILES string of the molecule is CCCCCCCCCCC(CCCCCC)COC(=O)CCCCCN(CCCCCC(=O)OCC(CCCCCC)CCCCCCCC)CCN(C)C. The smallest absolute Gasteiger partial charge is 0.305 e. The lowest BCUT2D eigenvalue weighted by atomic mass is 9.95. The fourth-order valence-corrected chi connectivity index (χ4v) is 7.93. The molecule has 0 radical (unpaired) electrons. The van der Waals surface area contributed by atoms with Crippen molar-refractivity contribution in [3.8, 4) is 0 Å². The van der Waals surface area contributed by atoms with Crippen LogP contribution in [0.15, 0.2) is 0 Å². The van der Waals surface area contributed by atoms with Crippen LogP contribution < -0.4 is 0 Å². The predicted octanol–water partition coefficient (Wildman–Crippen LogP) is 14.5. The Kier molecular flexibility index (Phi) is 42.6. The normalized spacial score (nSPS) is 12.8. The minimum Gasteiger partial charge on any atom is -0.465 e. The van der Waals surface area contributed by atoms with E-state index in [1.807, 2.05) is 0 Å². The number of carbonyl (C=O) groups is 2. The van der Waals surface area contributed by atoms with Crippen LogP contribution in [0.1, 0.15) is 246 Å². The third kappa shape index (κ3) is 39.7. The summed E-state index contributed by atoms with van der Waals surface area (Å²) >= 11 is 0. The van der Waals surface area contributed by atoms with E-state index in [-0.39, 0.29) is 11.9 Å². The monoisotopic (exact) mass is 793 g/mol. The molecule has 0 aliphatic rings. The van der Waals surface area contributed by atoms with Gasteiger partial charge in [0.2, 0.25) is 0 Å². The molecule has 56 heavy (non-hydrogen) atoms. The van der Waals surface area contributed by atoms with E-state index in [9.17, 15) is 9.59 Å². The van der Waals surface area contributed by atoms with Crippen molar-refractivity contribution >= 4 is 11.9 Å². The molecule has 0 heterocycles. The van der Waals surface area contributed by atoms with E-state index in [0.29, 0.717) is 37.9 Å². The van der Waals surface area contributed by atoms with Crippen molar-refractivity contribution in [2.45, 2.75) is 246 Å². The zero-order chi connectivity index (χ0) is 41.2. The van der Waals surface area contributed by atoms with Gasteiger partial charge in [0, 0.05) is 25.9 Å². The molecule has 0 saturated heterocycles. The number of likely N-dealkylation sites (N-methyl/N-ethyl adjacent to an activating group) is 1. The van der Waals surface area contributed by atoms with Crippen LogP contribution in [0, 0.1) is 11.8 Å². The minimum atomic E-state index is 0.000451. The number of nitrogens with zero attached hydrogens (tertiary/aromatic N) is 2. The fourth-order valence-electron chi connectivity index (χ4n) is 7.93. The first-order valence-corrected chi connectivity index (χ1v) is 25.0. The molecule has 6 nitrogen and oxygen atoms in total. The van der Waals surface area contributed by atoms with Crippen molar-refractivity contribution in [1.29, 1.82) is 0 Å². The zero-order valence-electron chi connectivity index (χ0n) is 39.0. The van der Waals surface area contributed by atoms with Crippen molar-refractivity contribution in [3.63, 3.8) is 0 Å². The van der Waals surface area contributed by atoms with Crippen LogP contribution in [-0.4, -0.2) is 75.2 Å². The van der Waals surface area contributed by atoms with E-state index in [1.165, 1.54) is 167 Å². The molecule has 0 aliphatic carbocycles. The Hall–Kier alpha value is -1.14. The van der Waals surface area contributed by atoms with Crippen LogP contribution in [-0.2, 0) is 19.1 Å². The maximum absolute atomic E-state index is 12.7. The average Bonchev–Trinajstić information content (AvgIpc) is 3.19. The molecule has 334 valence electrons. The van der Waals surface area contributed by atoms with Crippen molar-refractivity contribution in [2.75, 3.05) is 53.5 Å². The van der Waals surface area contributed by atoms with Gasteiger partial charge in [-0.1, -0.05) is 182 Å². The van der Waals surface area contributed by atoms with Crippen molar-refractivity contribution < 1.29 is 19.1 Å². The summed E-state index contributed by atoms with van der Waals surface area (Å²) in [5.41, 5.74) is 0. The molecule has 0 saturated carbocycles. The Morgan fingerprint density at radius 2 is 0.679 bits per heavy atom. The molecular weight excluding hydrogens is 693 g/mol. The van der Waals surface area contributed by atoms with E-state index >= 15 is 0 Å². The van der Waals surface area contributed by atoms with Gasteiger partial charge in [0.1, 0.15) is 0 Å². The molecule has 0 bridgehead atoms. The number of rotatable bonds is 45. The summed E-state index contributed by atoms with van der Waals surface area (Å²) in [4.78, 5) is 30.2. The summed E-state index contributed by atoms with van der Waals surface area (Å²) < 4.78 is 11.7. The first-order chi connectivity index (χ1) is 27.4. The number of unbranched alkanes of at least 4 members (excludes halogenated alkanes) is 22. The summed E-state index contributed by atoms with van der Waals surface area (Å²) in [5, 5.41) is 0. The van der Waals surface area contributed by atoms with Crippen LogP contribution >= 0.6 is 0 Å². The maximum atomic E-state index is 12.7. The third-order valence-corrected chi connectivity index (χ3v) is 11.9. The standard InChI is InChI=1S/C50H100N2O4/c1-7-11-15-19-21-22-24-30-38-48(36-28-18-14-10-4)46-56-50(54)40-32-26-34-42-52(44-43-51(5)6)41-33-25-31-39-49(53)55-45-47(35-27-17-13-9-3)37-29-23-20-16-12-8-2/h47-48H,7-46H2,1-6H3. The van der Waals surface area contributed by atoms with Gasteiger partial charge in [0.05, 0.1) is 13.2 Å². The van der Waals surface area contributed by atoms with Gasteiger partial charge < -0.3 is 19.3 Å². The second-order valence-corrected chi connectivity index (χ2v) is 17.9. The largest absolute Gasteiger partial charge is 0.465 e. The first-order valence-electron chi connectivity index (χ1n) is 25.0. The highest BCUT2D eigenvalue weighted by Crippen LogP contribution is 2.22. The Morgan fingerprint density at radius 1 is 0.375 bits per heavy atom. The van der Waals surface area contributed by atoms with E-state index in [1.54, 1.807) is 0 Å². The van der Waals surface area contributed by atoms with Crippen molar-refractivity contribution in [2.24, 2.45) is 11.8 Å². The minimum absolute atomic E-state index is 0.000451. The number of hydrogen-bond acceptors (Lipinski definition) is 6. The second kappa shape index (κ2) is 43.4. The van der Waals surface area contributed by atoms with Gasteiger partial charge in [-0.05, 0) is 90.4 Å². The van der Waals surface area contributed by atoms with Crippen LogP contribution in [0.25, 0.3) is 0 Å². The van der Waals surface area contributed by atoms with Gasteiger partial charge in [0.25, 0.3) is 0 Å². The number of hydrogen-bond donors (Lipinski definition) is 0. The molecule has 0 rings (SSSR count). The molecule has 6 heteroatoms. The Bertz CT molecular complexity index is 821. The summed E-state index contributed by atoms with van der Waals surface area (Å²) in [6, 6.07) is 0. The summed E-state index contributed by atoms with van der Waals surface area (Å²) in [6.07, 6.45) is 41.2. The average molecular weight is 793 g/mol. The molecule has 0 fully saturated rings. The lowest BCUT2D eigenvalue weighted by Gasteiger charge is -2.24. The molecule has 2 atom stereocenters. The highest BCUT2D eigenvalue weighted by Gasteiger charge is 2.14. The highest BCUT2D eigenvalue weighted by molar-refractivity contribution is 5.69. The summed E-state index contributed by atoms with van der Waals surface area (Å²) in [7, 11) is 4.29. The van der Waals surface area contributed by atoms with Crippen LogP contribution in [0.3, 0.4) is 0 Å². The Labute approximate surface area is 351 Å². The quantitative estimate of drug-likeness (QED) is 0.0452. The predicted molar refractivity (Wildman–Crippen MR) is 244 cm³/mol. The van der Waals surface area contributed by atoms with Gasteiger partial charge in [-0.15, -0.1) is 0 Å². The molecule has 0 aromatic carbocycles. The maximum Gasteiger partial charge on any atom is 0.305 e. The van der Waals surface area contributed by atoms with E-state index in [4.69, 9.17) is 9.47 Å². The topological polar surface area (TPSA) is 59.1 Å². The molecule has 0 spiro atoms. The fraction of sp³-hybridized carbons (Fsp3) is 0.960. The number of carbonyl (C=O) groups excluding carboxylic acids is 2. The van der Waals surface area contributed by atoms with Gasteiger partial charge >= 0.3 is 11.9 Å². The van der Waals surface area contributed by atoms with Gasteiger partial charge in [0.15, 0.2) is 0 Å². The highest BCUT2D eigenvalue weighted by atomic mass is 16.5. The first kappa shape index (κ1) is 54.9. The number of esters is 2. The molecular formula is C50H100N2O4. The zero-order valence-corrected chi connectivity index (χ0v) is 39.0. The molecule has 0 aliphatic heterocycles. The lowest BCUT2D eigenvalue weighted by molar-refractivity contribution is -0.146. The molecule has 0 aromatic heterocycles. The summed E-state index contributed by atoms with van der Waals surface area (Å²) in [6.45, 7) is 14.6. The third-order valence-electron chi connectivity index (χ3n) is 11.9. The van der Waals surface area contributed by atoms with E-state index in [2.05, 4.69) is 51.6 Å². The van der Waals surface area contributed by atoms with Gasteiger partial charge in [-0.2, -0.15) is 0 Å². The van der Waals surface area contributed by atoms with Crippen LogP contribution in [0.5, 0.6) is 0 Å². The molecule has 0 aromatic rings. The van der Waals surface area contributed by atoms with Crippen LogP contribution in [0.2, 0.25) is 0 Å². The summed E-state index contributed by atoms with van der Waals surface area (Å²) in [5.74, 6) is 1.07. The second-order valence-electron chi connectivity index (χ2n) is 17.9. The van der Waals surface area contributed by atoms with Crippen LogP contribution in [0.4, 0.5) is 0 Å². The number of ether oxygens (including phenoxy) is 2. The van der Waals surface area contributed by atoms with Crippen molar-refractivity contribution in [1.82, 2.24) is 9.80 Å². The van der Waals surface area contributed by atoms with Gasteiger partial charge in [-0.25, -0.2) is 0 Å². The lowest BCUT2D eigenvalue weighted by Crippen LogP contribution is -2.33. The Balaban J connectivity index is 4.41. The molecule has 0 N–H and O–H groups in total. The Morgan fingerprint density at radius 3 is 1.02 bits per heavy atom. The molecule has 0 amide bonds. The van der Waals surface area contributed by atoms with Crippen molar-refractivity contribution in [3.05, 3.63) is 0 Å². The van der Waals surface area contributed by atoms with Gasteiger partial charge in [-0.3, -0.25) is 9.59 Å².